The summed E-state index contributed by atoms with van der Waals surface area (Å²) >= 11 is 5.63. The van der Waals surface area contributed by atoms with Gasteiger partial charge in [0.25, 0.3) is 0 Å². The predicted molar refractivity (Wildman–Crippen MR) is 58.2 cm³/mol. The fourth-order valence-corrected chi connectivity index (χ4v) is 1.32. The number of aryl methyl sites for hydroxylation is 1. The Bertz CT molecular complexity index is 246. The first-order valence-electron chi connectivity index (χ1n) is 4.63. The largest absolute Gasteiger partial charge is 0.491 e. The Kier molecular flexibility index (Phi) is 5.42. The van der Waals surface area contributed by atoms with E-state index in [9.17, 15) is 0 Å². The molecule has 0 amide bonds. The van der Waals surface area contributed by atoms with Gasteiger partial charge in [-0.3, -0.25) is 0 Å². The monoisotopic (exact) mass is 214 g/mol. The van der Waals surface area contributed by atoms with Gasteiger partial charge < -0.3 is 9.47 Å². The highest BCUT2D eigenvalue weighted by Crippen LogP contribution is 2.12. The van der Waals surface area contributed by atoms with Gasteiger partial charge in [-0.25, -0.2) is 0 Å². The van der Waals surface area contributed by atoms with Crippen molar-refractivity contribution in [3.8, 4) is 5.75 Å². The van der Waals surface area contributed by atoms with Crippen molar-refractivity contribution in [1.29, 1.82) is 0 Å². The molecule has 1 aromatic rings. The summed E-state index contributed by atoms with van der Waals surface area (Å²) in [6.45, 7) is 1.20. The van der Waals surface area contributed by atoms with E-state index in [1.54, 1.807) is 7.11 Å². The molecule has 0 aliphatic rings. The van der Waals surface area contributed by atoms with Crippen LogP contribution in [0.15, 0.2) is 24.3 Å². The Morgan fingerprint density at radius 2 is 1.86 bits per heavy atom. The number of halogens is 1. The van der Waals surface area contributed by atoms with Gasteiger partial charge in [0.1, 0.15) is 12.4 Å². The van der Waals surface area contributed by atoms with Crippen molar-refractivity contribution in [2.75, 3.05) is 26.2 Å². The number of alkyl halides is 1. The maximum atomic E-state index is 5.63. The normalized spacial score (nSPS) is 10.1. The van der Waals surface area contributed by atoms with E-state index in [1.165, 1.54) is 5.56 Å². The number of ether oxygens (including phenoxy) is 2. The molecule has 78 valence electrons. The van der Waals surface area contributed by atoms with Crippen LogP contribution >= 0.6 is 11.6 Å². The van der Waals surface area contributed by atoms with Crippen LogP contribution in [0.3, 0.4) is 0 Å². The minimum Gasteiger partial charge on any atom is -0.491 e. The van der Waals surface area contributed by atoms with E-state index in [0.717, 1.165) is 12.2 Å². The van der Waals surface area contributed by atoms with E-state index >= 15 is 0 Å². The van der Waals surface area contributed by atoms with Crippen molar-refractivity contribution >= 4 is 11.6 Å². The van der Waals surface area contributed by atoms with Crippen LogP contribution in [0.5, 0.6) is 5.75 Å². The average molecular weight is 215 g/mol. The smallest absolute Gasteiger partial charge is 0.119 e. The first kappa shape index (κ1) is 11.3. The Morgan fingerprint density at radius 3 is 2.43 bits per heavy atom. The van der Waals surface area contributed by atoms with E-state index in [4.69, 9.17) is 21.1 Å². The van der Waals surface area contributed by atoms with Gasteiger partial charge in [-0.2, -0.15) is 0 Å². The van der Waals surface area contributed by atoms with E-state index < -0.39 is 0 Å². The van der Waals surface area contributed by atoms with E-state index in [2.05, 4.69) is 0 Å². The molecule has 0 N–H and O–H groups in total. The van der Waals surface area contributed by atoms with Crippen LogP contribution in [0.25, 0.3) is 0 Å². The molecule has 0 aliphatic heterocycles. The van der Waals surface area contributed by atoms with Crippen molar-refractivity contribution in [2.24, 2.45) is 0 Å². The molecule has 0 heterocycles. The lowest BCUT2D eigenvalue weighted by Gasteiger charge is -2.05. The Balaban J connectivity index is 2.38. The van der Waals surface area contributed by atoms with Crippen LogP contribution < -0.4 is 4.74 Å². The zero-order valence-electron chi connectivity index (χ0n) is 8.33. The highest BCUT2D eigenvalue weighted by Gasteiger charge is 1.94. The second kappa shape index (κ2) is 6.68. The van der Waals surface area contributed by atoms with Gasteiger partial charge >= 0.3 is 0 Å². The lowest BCUT2D eigenvalue weighted by Crippen LogP contribution is -2.04. The second-order valence-corrected chi connectivity index (χ2v) is 3.30. The topological polar surface area (TPSA) is 18.5 Å². The first-order chi connectivity index (χ1) is 6.86. The molecule has 14 heavy (non-hydrogen) atoms. The van der Waals surface area contributed by atoms with Crippen LogP contribution in [0, 0.1) is 0 Å². The molecule has 0 radical (unpaired) electrons. The first-order valence-corrected chi connectivity index (χ1v) is 5.17. The molecule has 1 rings (SSSR count). The second-order valence-electron chi connectivity index (χ2n) is 2.92. The van der Waals surface area contributed by atoms with Gasteiger partial charge in [0.2, 0.25) is 0 Å². The Hall–Kier alpha value is -0.730. The van der Waals surface area contributed by atoms with Gasteiger partial charge in [-0.05, 0) is 24.1 Å². The van der Waals surface area contributed by atoms with Crippen molar-refractivity contribution < 1.29 is 9.47 Å². The molecule has 1 aromatic carbocycles. The molecule has 0 aliphatic carbocycles. The molecule has 0 saturated carbocycles. The Morgan fingerprint density at radius 1 is 1.14 bits per heavy atom. The van der Waals surface area contributed by atoms with E-state index in [1.807, 2.05) is 24.3 Å². The van der Waals surface area contributed by atoms with E-state index in [-0.39, 0.29) is 0 Å². The van der Waals surface area contributed by atoms with Gasteiger partial charge in [0.15, 0.2) is 0 Å². The quantitative estimate of drug-likeness (QED) is 0.535. The molecule has 3 heteroatoms. The molecule has 0 aromatic heterocycles. The highest BCUT2D eigenvalue weighted by molar-refractivity contribution is 6.17. The molecular formula is C11H15ClO2. The molecule has 0 bridgehead atoms. The lowest BCUT2D eigenvalue weighted by atomic mass is 10.2. The summed E-state index contributed by atoms with van der Waals surface area (Å²) in [4.78, 5) is 0. The summed E-state index contributed by atoms with van der Waals surface area (Å²) in [6, 6.07) is 7.98. The molecular weight excluding hydrogens is 200 g/mol. The summed E-state index contributed by atoms with van der Waals surface area (Å²) in [5, 5.41) is 0. The lowest BCUT2D eigenvalue weighted by molar-refractivity contribution is 0.146. The predicted octanol–water partition coefficient (Wildman–Crippen LogP) is 2.49. The third-order valence-corrected chi connectivity index (χ3v) is 2.05. The summed E-state index contributed by atoms with van der Waals surface area (Å²) in [5.41, 5.74) is 1.24. The third kappa shape index (κ3) is 3.99. The molecule has 0 fully saturated rings. The van der Waals surface area contributed by atoms with Crippen LogP contribution in [0.4, 0.5) is 0 Å². The third-order valence-electron chi connectivity index (χ3n) is 1.86. The van der Waals surface area contributed by atoms with Crippen molar-refractivity contribution in [3.05, 3.63) is 29.8 Å². The van der Waals surface area contributed by atoms with Crippen molar-refractivity contribution in [2.45, 2.75) is 6.42 Å². The Labute approximate surface area is 89.8 Å². The zero-order chi connectivity index (χ0) is 10.2. The number of hydrogen-bond donors (Lipinski definition) is 0. The number of methoxy groups -OCH3 is 1. The van der Waals surface area contributed by atoms with Crippen LogP contribution in [-0.2, 0) is 11.2 Å². The molecule has 0 unspecified atom stereocenters. The van der Waals surface area contributed by atoms with Gasteiger partial charge in [-0.15, -0.1) is 11.6 Å². The summed E-state index contributed by atoms with van der Waals surface area (Å²) in [6.07, 6.45) is 0.903. The SMILES string of the molecule is COCCOc1ccc(CCCl)cc1. The fourth-order valence-electron chi connectivity index (χ4n) is 1.10. The number of hydrogen-bond acceptors (Lipinski definition) is 2. The maximum absolute atomic E-state index is 5.63. The van der Waals surface area contributed by atoms with Gasteiger partial charge in [0.05, 0.1) is 6.61 Å². The minimum absolute atomic E-state index is 0.589. The standard InChI is InChI=1S/C11H15ClO2/c1-13-8-9-14-11-4-2-10(3-5-11)6-7-12/h2-5H,6-9H2,1H3. The summed E-state index contributed by atoms with van der Waals surface area (Å²) in [7, 11) is 1.66. The molecule has 0 saturated heterocycles. The van der Waals surface area contributed by atoms with Crippen molar-refractivity contribution in [3.63, 3.8) is 0 Å². The molecule has 2 nitrogen and oxygen atoms in total. The summed E-state index contributed by atoms with van der Waals surface area (Å²) in [5.74, 6) is 1.53. The van der Waals surface area contributed by atoms with Crippen LogP contribution in [-0.4, -0.2) is 26.2 Å². The van der Waals surface area contributed by atoms with Crippen LogP contribution in [0.1, 0.15) is 5.56 Å². The fraction of sp³-hybridized carbons (Fsp3) is 0.455. The number of rotatable bonds is 6. The maximum Gasteiger partial charge on any atom is 0.119 e. The number of benzene rings is 1. The average Bonchev–Trinajstić information content (AvgIpc) is 2.21. The van der Waals surface area contributed by atoms with E-state index in [0.29, 0.717) is 19.1 Å². The van der Waals surface area contributed by atoms with Gasteiger partial charge in [-0.1, -0.05) is 12.1 Å². The van der Waals surface area contributed by atoms with Gasteiger partial charge in [0, 0.05) is 13.0 Å². The summed E-state index contributed by atoms with van der Waals surface area (Å²) < 4.78 is 10.3. The molecule has 0 atom stereocenters. The molecule has 0 spiro atoms. The minimum atomic E-state index is 0.589. The highest BCUT2D eigenvalue weighted by atomic mass is 35.5. The van der Waals surface area contributed by atoms with Crippen LogP contribution in [0.2, 0.25) is 0 Å². The zero-order valence-corrected chi connectivity index (χ0v) is 9.09. The van der Waals surface area contributed by atoms with Crippen molar-refractivity contribution in [1.82, 2.24) is 0 Å².